The van der Waals surface area contributed by atoms with Gasteiger partial charge >= 0.3 is 11.9 Å². The quantitative estimate of drug-likeness (QED) is 0.0366. The molecule has 0 saturated carbocycles. The first-order valence-electron chi connectivity index (χ1n) is 19.5. The van der Waals surface area contributed by atoms with Gasteiger partial charge in [0, 0.05) is 13.0 Å². The first-order chi connectivity index (χ1) is 27.5. The number of hydrogen-bond donors (Lipinski definition) is 12. The number of carbonyl (C=O) groups excluding carboxylic acids is 8. The molecule has 0 bridgehead atoms. The molecule has 1 fully saturated rings. The number of aliphatic hydroxyl groups excluding tert-OH is 1. The normalized spacial score (nSPS) is 17.8. The molecule has 9 atom stereocenters. The number of amides is 8. The van der Waals surface area contributed by atoms with Crippen molar-refractivity contribution < 1.29 is 63.3 Å². The molecule has 1 saturated heterocycles. The highest BCUT2D eigenvalue weighted by atomic mass is 16.4. The first-order valence-corrected chi connectivity index (χ1v) is 19.5. The molecule has 334 valence electrons. The molecule has 23 nitrogen and oxygen atoms in total. The van der Waals surface area contributed by atoms with E-state index in [4.69, 9.17) is 22.3 Å². The first kappa shape index (κ1) is 51.6. The standard InChI is InChI=1S/C36H62N10O13/c1-17(2)15-24(33(56)43-23(29(39)52)16-27(50)51)44-30(53)18(3)40-35(58)28(20(5)47)45-32(55)22(11-12-26(48)49)42-34(57)25-10-8-14-46(25)36(59)19(4)41-31(54)21(38)9-6-7-13-37/h17-25,28,47H,6-16,37-38H2,1-5H3,(H2,39,52)(H,40,58)(H,41,54)(H,42,57)(H,43,56)(H,44,53)(H,45,55)(H,48,49)(H,50,51)/t18-,19-,20+,21-,22-,23-,24-,25-,28-/m0/s1. The Labute approximate surface area is 342 Å². The summed E-state index contributed by atoms with van der Waals surface area (Å²) in [4.78, 5) is 128. The number of carboxylic acids is 2. The van der Waals surface area contributed by atoms with Crippen molar-refractivity contribution in [2.75, 3.05) is 13.1 Å². The van der Waals surface area contributed by atoms with E-state index in [2.05, 4.69) is 31.9 Å². The van der Waals surface area contributed by atoms with E-state index in [9.17, 15) is 58.2 Å². The van der Waals surface area contributed by atoms with Crippen LogP contribution in [0, 0.1) is 5.92 Å². The number of likely N-dealkylation sites (tertiary alicyclic amines) is 1. The fourth-order valence-corrected chi connectivity index (χ4v) is 6.08. The zero-order valence-electron chi connectivity index (χ0n) is 34.2. The average molecular weight is 843 g/mol. The van der Waals surface area contributed by atoms with Gasteiger partial charge < -0.3 is 69.3 Å². The maximum Gasteiger partial charge on any atom is 0.305 e. The lowest BCUT2D eigenvalue weighted by molar-refractivity contribution is -0.142. The van der Waals surface area contributed by atoms with Crippen molar-refractivity contribution in [2.45, 2.75) is 147 Å². The molecule has 0 aliphatic carbocycles. The lowest BCUT2D eigenvalue weighted by Crippen LogP contribution is -2.61. The molecule has 15 N–H and O–H groups in total. The Morgan fingerprint density at radius 1 is 0.695 bits per heavy atom. The van der Waals surface area contributed by atoms with Crippen molar-refractivity contribution >= 4 is 59.2 Å². The van der Waals surface area contributed by atoms with Crippen molar-refractivity contribution in [2.24, 2.45) is 23.1 Å². The molecular formula is C36H62N10O13. The molecule has 0 aromatic carbocycles. The number of nitrogens with one attached hydrogen (secondary N) is 6. The molecule has 23 heteroatoms. The second-order valence-corrected chi connectivity index (χ2v) is 15.0. The molecule has 1 aliphatic heterocycles. The predicted molar refractivity (Wildman–Crippen MR) is 208 cm³/mol. The molecule has 0 radical (unpaired) electrons. The Bertz CT molecular complexity index is 1530. The zero-order valence-corrected chi connectivity index (χ0v) is 34.2. The summed E-state index contributed by atoms with van der Waals surface area (Å²) in [6, 6.07) is -10.6. The topological polar surface area (TPSA) is 385 Å². The summed E-state index contributed by atoms with van der Waals surface area (Å²) in [5.74, 6) is -10.00. The third-order valence-corrected chi connectivity index (χ3v) is 9.35. The predicted octanol–water partition coefficient (Wildman–Crippen LogP) is -4.37. The fraction of sp³-hybridized carbons (Fsp3) is 0.722. The van der Waals surface area contributed by atoms with Gasteiger partial charge in [0.15, 0.2) is 0 Å². The van der Waals surface area contributed by atoms with Gasteiger partial charge in [0.2, 0.25) is 47.3 Å². The smallest absolute Gasteiger partial charge is 0.305 e. The molecule has 0 aromatic heterocycles. The third-order valence-electron chi connectivity index (χ3n) is 9.35. The van der Waals surface area contributed by atoms with E-state index in [1.54, 1.807) is 13.8 Å². The number of nitrogens with zero attached hydrogens (tertiary/aromatic N) is 1. The van der Waals surface area contributed by atoms with Gasteiger partial charge in [0.05, 0.1) is 18.6 Å². The monoisotopic (exact) mass is 842 g/mol. The number of unbranched alkanes of at least 4 members (excludes halogenated alkanes) is 1. The van der Waals surface area contributed by atoms with E-state index < -0.39 is 133 Å². The molecule has 8 amide bonds. The van der Waals surface area contributed by atoms with E-state index in [1.165, 1.54) is 18.7 Å². The minimum Gasteiger partial charge on any atom is -0.481 e. The number of carbonyl (C=O) groups is 10. The van der Waals surface area contributed by atoms with Crippen LogP contribution in [0.1, 0.15) is 92.4 Å². The average Bonchev–Trinajstić information content (AvgIpc) is 3.64. The summed E-state index contributed by atoms with van der Waals surface area (Å²) in [5.41, 5.74) is 16.6. The van der Waals surface area contributed by atoms with E-state index in [0.717, 1.165) is 6.92 Å². The van der Waals surface area contributed by atoms with Crippen LogP contribution in [0.4, 0.5) is 0 Å². The van der Waals surface area contributed by atoms with Crippen LogP contribution in [0.3, 0.4) is 0 Å². The van der Waals surface area contributed by atoms with Gasteiger partial charge in [-0.05, 0) is 71.8 Å². The number of primary amides is 1. The van der Waals surface area contributed by atoms with Crippen molar-refractivity contribution in [1.29, 1.82) is 0 Å². The summed E-state index contributed by atoms with van der Waals surface area (Å²) in [6.07, 6.45) is -1.25. The molecular weight excluding hydrogens is 780 g/mol. The molecule has 1 rings (SSSR count). The maximum absolute atomic E-state index is 13.5. The van der Waals surface area contributed by atoms with E-state index in [-0.39, 0.29) is 25.3 Å². The molecule has 0 unspecified atom stereocenters. The van der Waals surface area contributed by atoms with E-state index in [0.29, 0.717) is 32.2 Å². The summed E-state index contributed by atoms with van der Waals surface area (Å²) < 4.78 is 0. The molecule has 0 aromatic rings. The lowest BCUT2D eigenvalue weighted by atomic mass is 10.0. The number of rotatable bonds is 26. The summed E-state index contributed by atoms with van der Waals surface area (Å²) in [7, 11) is 0. The number of nitrogens with two attached hydrogens (primary N) is 3. The second kappa shape index (κ2) is 25.2. The highest BCUT2D eigenvalue weighted by molar-refractivity contribution is 5.98. The van der Waals surface area contributed by atoms with Gasteiger partial charge in [-0.1, -0.05) is 20.3 Å². The highest BCUT2D eigenvalue weighted by Gasteiger charge is 2.39. The number of aliphatic carboxylic acids is 2. The van der Waals surface area contributed by atoms with Gasteiger partial charge in [-0.3, -0.25) is 47.9 Å². The zero-order chi connectivity index (χ0) is 45.1. The summed E-state index contributed by atoms with van der Waals surface area (Å²) in [6.45, 7) is 7.82. The molecule has 1 heterocycles. The Morgan fingerprint density at radius 3 is 1.83 bits per heavy atom. The van der Waals surface area contributed by atoms with Crippen LogP contribution >= 0.6 is 0 Å². The van der Waals surface area contributed by atoms with Crippen LogP contribution in [0.25, 0.3) is 0 Å². The third kappa shape index (κ3) is 17.9. The second-order valence-electron chi connectivity index (χ2n) is 15.0. The largest absolute Gasteiger partial charge is 0.481 e. The van der Waals surface area contributed by atoms with Crippen LogP contribution in [-0.2, 0) is 47.9 Å². The number of carboxylic acid groups (broad SMARTS) is 2. The Balaban J connectivity index is 3.08. The van der Waals surface area contributed by atoms with Crippen molar-refractivity contribution in [1.82, 2.24) is 36.8 Å². The van der Waals surface area contributed by atoms with Crippen LogP contribution in [0.15, 0.2) is 0 Å². The SMILES string of the molecule is CC(C)C[C@H](NC(=O)[C@H](C)NC(=O)[C@@H](NC(=O)[C@H](CCC(=O)O)NC(=O)[C@@H]1CCCN1C(=O)[C@H](C)NC(=O)[C@@H](N)CCCCN)[C@@H](C)O)C(=O)N[C@@H](CC(=O)O)C(N)=O. The number of aliphatic hydroxyl groups is 1. The van der Waals surface area contributed by atoms with Gasteiger partial charge in [-0.2, -0.15) is 0 Å². The summed E-state index contributed by atoms with van der Waals surface area (Å²) in [5, 5.41) is 43.0. The molecule has 59 heavy (non-hydrogen) atoms. The fourth-order valence-electron chi connectivity index (χ4n) is 6.08. The van der Waals surface area contributed by atoms with Crippen LogP contribution in [-0.4, -0.2) is 147 Å². The van der Waals surface area contributed by atoms with E-state index in [1.807, 2.05) is 0 Å². The summed E-state index contributed by atoms with van der Waals surface area (Å²) >= 11 is 0. The Hall–Kier alpha value is -5.42. The molecule has 1 aliphatic rings. The van der Waals surface area contributed by atoms with Crippen molar-refractivity contribution in [3.05, 3.63) is 0 Å². The van der Waals surface area contributed by atoms with Crippen LogP contribution in [0.5, 0.6) is 0 Å². The Kier molecular flexibility index (Phi) is 22.0. The molecule has 0 spiro atoms. The minimum absolute atomic E-state index is 0.0274. The number of hydrogen-bond acceptors (Lipinski definition) is 13. The lowest BCUT2D eigenvalue weighted by Gasteiger charge is -2.30. The van der Waals surface area contributed by atoms with Crippen molar-refractivity contribution in [3.8, 4) is 0 Å². The van der Waals surface area contributed by atoms with Crippen molar-refractivity contribution in [3.63, 3.8) is 0 Å². The highest BCUT2D eigenvalue weighted by Crippen LogP contribution is 2.19. The Morgan fingerprint density at radius 2 is 1.29 bits per heavy atom. The van der Waals surface area contributed by atoms with Gasteiger partial charge in [0.25, 0.3) is 0 Å². The van der Waals surface area contributed by atoms with Gasteiger partial charge in [-0.25, -0.2) is 0 Å². The van der Waals surface area contributed by atoms with Crippen LogP contribution in [0.2, 0.25) is 0 Å². The maximum atomic E-state index is 13.5. The van der Waals surface area contributed by atoms with Gasteiger partial charge in [-0.15, -0.1) is 0 Å². The van der Waals surface area contributed by atoms with E-state index >= 15 is 0 Å². The van der Waals surface area contributed by atoms with Gasteiger partial charge in [0.1, 0.15) is 42.3 Å². The van der Waals surface area contributed by atoms with Crippen LogP contribution < -0.4 is 49.1 Å². The minimum atomic E-state index is -1.75.